The van der Waals surface area contributed by atoms with Gasteiger partial charge in [0.2, 0.25) is 0 Å². The number of nitrogens with one attached hydrogen (secondary N) is 2. The zero-order chi connectivity index (χ0) is 64.5. The molecule has 24 aromatic carbocycles. The minimum absolute atomic E-state index is 0.297. The smallest absolute Gasteiger partial charge is 0.407 e. The summed E-state index contributed by atoms with van der Waals surface area (Å²) >= 11 is 0. The van der Waals surface area contributed by atoms with Gasteiger partial charge in [-0.3, -0.25) is 0 Å². The van der Waals surface area contributed by atoms with Crippen molar-refractivity contribution in [2.45, 2.75) is 74.4 Å². The van der Waals surface area contributed by atoms with Crippen molar-refractivity contribution in [2.75, 3.05) is 119 Å². The maximum atomic E-state index is 12.4. The van der Waals surface area contributed by atoms with Crippen LogP contribution in [0.25, 0.3) is 259 Å². The quantitative estimate of drug-likeness (QED) is 0.0496. The number of likely N-dealkylation sites (N-methyl/N-ethyl adjacent to an activating group) is 2. The van der Waals surface area contributed by atoms with Gasteiger partial charge in [-0.25, -0.2) is 9.59 Å². The van der Waals surface area contributed by atoms with Crippen molar-refractivity contribution in [1.82, 2.24) is 10.6 Å². The second kappa shape index (κ2) is 12.7. The van der Waals surface area contributed by atoms with Gasteiger partial charge < -0.3 is 48.0 Å². The molecular formula is C88H58N4O8+2. The number of quaternary nitrogens is 2. The van der Waals surface area contributed by atoms with Crippen LogP contribution in [0.1, 0.15) is 86.1 Å². The number of carbonyl (C=O) groups is 2. The van der Waals surface area contributed by atoms with Crippen LogP contribution in [0.5, 0.6) is 0 Å². The van der Waals surface area contributed by atoms with E-state index in [0.717, 1.165) is 48.2 Å². The summed E-state index contributed by atoms with van der Waals surface area (Å²) in [5.74, 6) is 0. The Labute approximate surface area is 563 Å². The van der Waals surface area contributed by atoms with E-state index in [0.29, 0.717) is 65.9 Å². The number of carbonyl (C=O) groups excluding carboxylic acids is 2. The highest BCUT2D eigenvalue weighted by Gasteiger charge is 2.80. The average Bonchev–Trinajstić information content (AvgIpc) is 1.37. The molecule has 6 unspecified atom stereocenters. The van der Waals surface area contributed by atoms with Crippen molar-refractivity contribution in [1.29, 1.82) is 0 Å². The van der Waals surface area contributed by atoms with Gasteiger partial charge in [0, 0.05) is 13.1 Å². The van der Waals surface area contributed by atoms with Crippen LogP contribution in [0.3, 0.4) is 0 Å². The van der Waals surface area contributed by atoms with Crippen LogP contribution in [0.4, 0.5) is 9.59 Å². The minimum Gasteiger partial charge on any atom is -0.444 e. The molecule has 2 heterocycles. The number of likely N-dealkylation sites (tertiary alicyclic amines) is 2. The number of ether oxygens (including phenoxy) is 6. The van der Waals surface area contributed by atoms with Gasteiger partial charge in [-0.2, -0.15) is 0 Å². The standard InChI is InChI=1S/C88H56N4O8/c1-83(2,3)99-81(93)89-9-13-95-17-19-97-15-11-91(7)21-85-73-57-41-29-27-25-26-28-30-32-37-47-35(28)45(33(25)41)61(73)63(47)75-65-49(37)40-44(32)60-58-42(30)34(26)46-36(27)48-38-31(29)43-39-50(38)66-70-54-51(39)67(77(85)59(43)57)71-55(54)56-53(69(65)79(71)87(75,85)23-91)52(40)68-72(56)80(70)88-24-92(8,22-86(88,78(60)68)74(58)62(46)64(48)76(66)88)12-16-98-20-18-96-14-10-90-82(94)100-84(4,5)6/h9-24H2,1-8H3/p+2. The lowest BCUT2D eigenvalue weighted by Crippen LogP contribution is -2.51. The first-order valence-electron chi connectivity index (χ1n) is 37.4. The van der Waals surface area contributed by atoms with E-state index in [1.807, 2.05) is 41.5 Å². The Bertz CT molecular complexity index is 7740. The van der Waals surface area contributed by atoms with Gasteiger partial charge in [-0.1, -0.05) is 0 Å². The first-order chi connectivity index (χ1) is 48.5. The fraction of sp³-hybridized carbons (Fsp3) is 0.341. The molecule has 0 aromatic heterocycles. The second-order valence-electron chi connectivity index (χ2n) is 37.2. The number of benzene rings is 16. The van der Waals surface area contributed by atoms with Gasteiger partial charge in [0.05, 0.1) is 115 Å². The van der Waals surface area contributed by atoms with Crippen LogP contribution in [-0.2, 0) is 50.1 Å². The first-order valence-corrected chi connectivity index (χ1v) is 37.4. The Kier molecular flexibility index (Phi) is 6.19. The van der Waals surface area contributed by atoms with E-state index in [1.54, 1.807) is 303 Å². The van der Waals surface area contributed by atoms with E-state index in [4.69, 9.17) is 28.4 Å². The third kappa shape index (κ3) is 3.61. The summed E-state index contributed by atoms with van der Waals surface area (Å²) in [4.78, 5) is 24.9. The van der Waals surface area contributed by atoms with Gasteiger partial charge in [0.15, 0.2) is 0 Å². The molecule has 2 saturated heterocycles. The van der Waals surface area contributed by atoms with Crippen LogP contribution in [0.15, 0.2) is 0 Å². The molecule has 100 heavy (non-hydrogen) atoms. The maximum absolute atomic E-state index is 12.4. The summed E-state index contributed by atoms with van der Waals surface area (Å²) in [6, 6.07) is 0. The van der Waals surface area contributed by atoms with Gasteiger partial charge in [0.1, 0.15) is 24.3 Å². The van der Waals surface area contributed by atoms with Crippen molar-refractivity contribution < 1.29 is 47.0 Å². The molecule has 0 bridgehead atoms. The fourth-order valence-corrected chi connectivity index (χ4v) is 30.8. The summed E-state index contributed by atoms with van der Waals surface area (Å²) < 4.78 is 38.7. The lowest BCUT2D eigenvalue weighted by atomic mass is 9.50. The van der Waals surface area contributed by atoms with E-state index in [9.17, 15) is 9.59 Å². The molecule has 0 radical (unpaired) electrons. The molecule has 10 aliphatic rings. The predicted molar refractivity (Wildman–Crippen MR) is 400 cm³/mol. The highest BCUT2D eigenvalue weighted by Crippen LogP contribution is 2.88. The van der Waals surface area contributed by atoms with E-state index in [-0.39, 0.29) is 21.7 Å². The Balaban J connectivity index is 0.689. The number of rotatable bonds is 18. The summed E-state index contributed by atoms with van der Waals surface area (Å²) in [6.07, 6.45) is -0.827. The number of hydrogen-bond acceptors (Lipinski definition) is 8. The molecule has 8 aliphatic carbocycles. The molecule has 12 nitrogen and oxygen atoms in total. The largest absolute Gasteiger partial charge is 0.444 e. The average molecular weight is 1300 g/mol. The highest BCUT2D eigenvalue weighted by molar-refractivity contribution is 6.77. The lowest BCUT2D eigenvalue weighted by Gasteiger charge is -2.47. The minimum atomic E-state index is -0.547. The molecule has 34 rings (SSSR count). The third-order valence-corrected chi connectivity index (χ3v) is 31.5. The number of hydrogen-bond donors (Lipinski definition) is 2. The Morgan fingerprint density at radius 2 is 0.430 bits per heavy atom. The van der Waals surface area contributed by atoms with E-state index >= 15 is 0 Å². The molecular weight excluding hydrogens is 1240 g/mol. The van der Waals surface area contributed by atoms with Crippen molar-refractivity contribution in [3.05, 3.63) is 44.5 Å². The van der Waals surface area contributed by atoms with E-state index in [2.05, 4.69) is 24.7 Å². The van der Waals surface area contributed by atoms with Crippen molar-refractivity contribution >= 4 is 271 Å². The van der Waals surface area contributed by atoms with Crippen LogP contribution in [0.2, 0.25) is 0 Å². The van der Waals surface area contributed by atoms with Crippen molar-refractivity contribution in [2.24, 2.45) is 0 Å². The number of alkyl carbamates (subject to hydrolysis) is 2. The Morgan fingerprint density at radius 1 is 0.270 bits per heavy atom. The molecule has 6 atom stereocenters. The second-order valence-corrected chi connectivity index (χ2v) is 37.2. The third-order valence-electron chi connectivity index (χ3n) is 31.5. The maximum Gasteiger partial charge on any atom is 0.407 e. The molecule has 2 aliphatic heterocycles. The van der Waals surface area contributed by atoms with E-state index < -0.39 is 23.4 Å². The fourth-order valence-electron chi connectivity index (χ4n) is 30.8. The van der Waals surface area contributed by atoms with Crippen molar-refractivity contribution in [3.8, 4) is 0 Å². The normalized spacial score (nSPS) is 26.4. The molecule has 4 spiro atoms. The van der Waals surface area contributed by atoms with Gasteiger partial charge >= 0.3 is 12.2 Å². The van der Waals surface area contributed by atoms with Crippen LogP contribution in [0, 0.1) is 0 Å². The molecule has 12 heteroatoms. The summed E-state index contributed by atoms with van der Waals surface area (Å²) in [6.45, 7) is 22.3. The molecule has 2 amide bonds. The summed E-state index contributed by atoms with van der Waals surface area (Å²) in [5, 5.41) is 85.1. The van der Waals surface area contributed by atoms with Gasteiger partial charge in [-0.15, -0.1) is 0 Å². The monoisotopic (exact) mass is 1300 g/mol. The predicted octanol–water partition coefficient (Wildman–Crippen LogP) is 16.9. The van der Waals surface area contributed by atoms with Crippen LogP contribution < -0.4 is 10.6 Å². The lowest BCUT2D eigenvalue weighted by molar-refractivity contribution is -0.900. The zero-order valence-electron chi connectivity index (χ0n) is 56.5. The first kappa shape index (κ1) is 48.7. The van der Waals surface area contributed by atoms with Crippen LogP contribution >= 0.6 is 0 Å². The highest BCUT2D eigenvalue weighted by atomic mass is 16.6. The molecule has 2 fully saturated rings. The van der Waals surface area contributed by atoms with Gasteiger partial charge in [0.25, 0.3) is 0 Å². The van der Waals surface area contributed by atoms with E-state index in [1.165, 1.54) is 0 Å². The van der Waals surface area contributed by atoms with Gasteiger partial charge in [-0.05, 0) is 345 Å². The molecule has 24 aromatic rings. The number of amides is 2. The Hall–Kier alpha value is -8.98. The molecule has 2 N–H and O–H groups in total. The van der Waals surface area contributed by atoms with Crippen molar-refractivity contribution in [3.63, 3.8) is 0 Å². The zero-order valence-corrected chi connectivity index (χ0v) is 56.5. The SMILES string of the molecule is CC(C)(C)OC(=O)NCCOCCOCC[N+]1(C)CC23c4c5c6c7c8c9c(c%10c%11c2c2c4c4c%12c%13c%14c%15c%16c%17c%18c%19c%20c%21c%22c(c%13c4c4c2c2c%11c%11c%10c%10c9c9c%13c8c(c6c%15c5%12)c%16c%13c%18c5c%19c6c%21c(c2c%224)c%11c6c%10c59)C%202C[N+](C)(CCOCCOCCNC(=O)OC(C)(C)C)CC%14%172)C73C1. The van der Waals surface area contributed by atoms with Crippen LogP contribution in [-0.4, -0.2) is 152 Å². The number of nitrogens with zero attached hydrogens (tertiary/aromatic N) is 2. The topological polar surface area (TPSA) is 114 Å². The Morgan fingerprint density at radius 3 is 0.600 bits per heavy atom. The molecule has 476 valence electrons. The summed E-state index contributed by atoms with van der Waals surface area (Å²) in [5.41, 5.74) is 11.7. The molecule has 0 saturated carbocycles. The summed E-state index contributed by atoms with van der Waals surface area (Å²) in [7, 11) is 5.33.